The van der Waals surface area contributed by atoms with Crippen LogP contribution in [-0.4, -0.2) is 17.5 Å². The van der Waals surface area contributed by atoms with Crippen molar-refractivity contribution in [2.75, 3.05) is 0 Å². The fourth-order valence-corrected chi connectivity index (χ4v) is 5.78. The minimum absolute atomic E-state index is 0.187. The molecule has 0 saturated carbocycles. The van der Waals surface area contributed by atoms with Gasteiger partial charge in [-0.25, -0.2) is 0 Å². The summed E-state index contributed by atoms with van der Waals surface area (Å²) in [5, 5.41) is 10.7. The number of carboxylic acids is 1. The van der Waals surface area contributed by atoms with Crippen LogP contribution < -0.4 is 14.6 Å². The van der Waals surface area contributed by atoms with Crippen LogP contribution in [0.3, 0.4) is 0 Å². The number of fused-ring (bicyclic) bond motifs is 1. The zero-order chi connectivity index (χ0) is 28.5. The molecule has 5 heteroatoms. The smallest absolute Gasteiger partial charge is 0.311 e. The standard InChI is InChI=1S/C33H54O5/c1-22(2)12-9-13-23(3)14-10-15-24(4)16-11-20-33(8)21-19-28-27(7)31(25(5)26(6)32(28)38-33)37-30(36)18-17-29(34)35/h22-24H,9-21H2,1-8H3,(H,34,35)/p-1. The van der Waals surface area contributed by atoms with E-state index in [1.807, 2.05) is 20.8 Å². The van der Waals surface area contributed by atoms with Crippen LogP contribution in [-0.2, 0) is 16.0 Å². The van der Waals surface area contributed by atoms with Crippen LogP contribution in [0.5, 0.6) is 11.5 Å². The summed E-state index contributed by atoms with van der Waals surface area (Å²) in [6.07, 6.45) is 12.8. The van der Waals surface area contributed by atoms with Gasteiger partial charge in [-0.3, -0.25) is 4.79 Å². The van der Waals surface area contributed by atoms with E-state index in [9.17, 15) is 14.7 Å². The summed E-state index contributed by atoms with van der Waals surface area (Å²) in [5.41, 5.74) is 3.70. The Labute approximate surface area is 232 Å². The molecular weight excluding hydrogens is 476 g/mol. The summed E-state index contributed by atoms with van der Waals surface area (Å²) in [7, 11) is 0. The molecule has 216 valence electrons. The van der Waals surface area contributed by atoms with Crippen LogP contribution in [0, 0.1) is 38.5 Å². The lowest BCUT2D eigenvalue weighted by Gasteiger charge is -2.38. The topological polar surface area (TPSA) is 75.7 Å². The van der Waals surface area contributed by atoms with Gasteiger partial charge in [-0.1, -0.05) is 72.6 Å². The predicted octanol–water partition coefficient (Wildman–Crippen LogP) is 7.57. The van der Waals surface area contributed by atoms with E-state index in [4.69, 9.17) is 9.47 Å². The molecule has 1 aromatic rings. The first-order valence-electron chi connectivity index (χ1n) is 15.0. The maximum atomic E-state index is 12.2. The molecule has 0 aliphatic carbocycles. The highest BCUT2D eigenvalue weighted by Gasteiger charge is 2.34. The third kappa shape index (κ3) is 9.93. The minimum atomic E-state index is -1.25. The number of aliphatic carboxylic acids is 1. The number of carbonyl (C=O) groups excluding carboxylic acids is 2. The molecule has 0 aromatic heterocycles. The highest BCUT2D eigenvalue weighted by Crippen LogP contribution is 2.45. The summed E-state index contributed by atoms with van der Waals surface area (Å²) < 4.78 is 12.3. The van der Waals surface area contributed by atoms with E-state index in [0.717, 1.165) is 65.0 Å². The van der Waals surface area contributed by atoms with Gasteiger partial charge in [0.2, 0.25) is 0 Å². The van der Waals surface area contributed by atoms with E-state index in [2.05, 4.69) is 34.6 Å². The van der Waals surface area contributed by atoms with Gasteiger partial charge in [0.05, 0.1) is 6.42 Å². The summed E-state index contributed by atoms with van der Waals surface area (Å²) >= 11 is 0. The van der Waals surface area contributed by atoms with Gasteiger partial charge in [0, 0.05) is 11.5 Å². The third-order valence-corrected chi connectivity index (χ3v) is 8.59. The van der Waals surface area contributed by atoms with Gasteiger partial charge in [0.15, 0.2) is 0 Å². The Bertz CT molecular complexity index is 934. The molecule has 0 N–H and O–H groups in total. The lowest BCUT2D eigenvalue weighted by molar-refractivity contribution is -0.305. The van der Waals surface area contributed by atoms with Gasteiger partial charge in [0.1, 0.15) is 17.1 Å². The first-order valence-corrected chi connectivity index (χ1v) is 15.0. The quantitative estimate of drug-likeness (QED) is 0.163. The highest BCUT2D eigenvalue weighted by atomic mass is 16.5. The first kappa shape index (κ1) is 32.2. The molecule has 1 aliphatic heterocycles. The Morgan fingerprint density at radius 1 is 0.868 bits per heavy atom. The predicted molar refractivity (Wildman–Crippen MR) is 153 cm³/mol. The number of benzene rings is 1. The summed E-state index contributed by atoms with van der Waals surface area (Å²) in [6, 6.07) is 0. The van der Waals surface area contributed by atoms with Crippen LogP contribution in [0.25, 0.3) is 0 Å². The summed E-state index contributed by atoms with van der Waals surface area (Å²) in [6.45, 7) is 17.6. The van der Waals surface area contributed by atoms with Gasteiger partial charge < -0.3 is 19.4 Å². The van der Waals surface area contributed by atoms with Gasteiger partial charge in [-0.05, 0) is 94.2 Å². The fraction of sp³-hybridized carbons (Fsp3) is 0.758. The van der Waals surface area contributed by atoms with Crippen LogP contribution in [0.4, 0.5) is 0 Å². The molecular formula is C33H53O5-. The van der Waals surface area contributed by atoms with E-state index in [0.29, 0.717) is 5.75 Å². The molecule has 1 aliphatic rings. The van der Waals surface area contributed by atoms with Crippen LogP contribution in [0.15, 0.2) is 0 Å². The number of ether oxygens (including phenoxy) is 2. The third-order valence-electron chi connectivity index (χ3n) is 8.59. The average molecular weight is 530 g/mol. The first-order chi connectivity index (χ1) is 17.8. The SMILES string of the molecule is Cc1c(C)c2c(c(C)c1OC(=O)CCC(=O)[O-])CCC(C)(CCCC(C)CCCC(C)CCCC(C)C)O2. The van der Waals surface area contributed by atoms with Crippen molar-refractivity contribution in [3.63, 3.8) is 0 Å². The molecule has 1 aromatic carbocycles. The van der Waals surface area contributed by atoms with Crippen molar-refractivity contribution in [2.45, 2.75) is 144 Å². The molecule has 3 unspecified atom stereocenters. The van der Waals surface area contributed by atoms with Crippen molar-refractivity contribution in [2.24, 2.45) is 17.8 Å². The van der Waals surface area contributed by atoms with Crippen molar-refractivity contribution in [1.82, 2.24) is 0 Å². The Balaban J connectivity index is 1.87. The molecule has 0 amide bonds. The number of carbonyl (C=O) groups is 2. The Hall–Kier alpha value is -2.04. The summed E-state index contributed by atoms with van der Waals surface area (Å²) in [5.74, 6) is 2.09. The van der Waals surface area contributed by atoms with E-state index < -0.39 is 11.9 Å². The molecule has 1 heterocycles. The Kier molecular flexibility index (Phi) is 12.6. The number of hydrogen-bond donors (Lipinski definition) is 0. The average Bonchev–Trinajstić information content (AvgIpc) is 2.83. The second kappa shape index (κ2) is 14.9. The van der Waals surface area contributed by atoms with Crippen LogP contribution >= 0.6 is 0 Å². The van der Waals surface area contributed by atoms with Crippen molar-refractivity contribution >= 4 is 11.9 Å². The molecule has 3 atom stereocenters. The van der Waals surface area contributed by atoms with Crippen molar-refractivity contribution < 1.29 is 24.2 Å². The minimum Gasteiger partial charge on any atom is -0.550 e. The lowest BCUT2D eigenvalue weighted by Crippen LogP contribution is -2.37. The Morgan fingerprint density at radius 3 is 2.03 bits per heavy atom. The van der Waals surface area contributed by atoms with Gasteiger partial charge >= 0.3 is 5.97 Å². The van der Waals surface area contributed by atoms with Crippen molar-refractivity contribution in [1.29, 1.82) is 0 Å². The molecule has 5 nitrogen and oxygen atoms in total. The van der Waals surface area contributed by atoms with Gasteiger partial charge in [0.25, 0.3) is 0 Å². The monoisotopic (exact) mass is 529 g/mol. The maximum Gasteiger partial charge on any atom is 0.311 e. The van der Waals surface area contributed by atoms with E-state index >= 15 is 0 Å². The number of rotatable bonds is 16. The number of esters is 1. The molecule has 0 bridgehead atoms. The zero-order valence-electron chi connectivity index (χ0n) is 25.5. The maximum absolute atomic E-state index is 12.2. The van der Waals surface area contributed by atoms with Gasteiger partial charge in [-0.2, -0.15) is 0 Å². The van der Waals surface area contributed by atoms with Crippen molar-refractivity contribution in [3.8, 4) is 11.5 Å². The molecule has 0 saturated heterocycles. The van der Waals surface area contributed by atoms with Crippen LogP contribution in [0.2, 0.25) is 0 Å². The highest BCUT2D eigenvalue weighted by molar-refractivity contribution is 5.78. The second-order valence-electron chi connectivity index (χ2n) is 12.8. The van der Waals surface area contributed by atoms with E-state index in [1.165, 1.54) is 51.4 Å². The van der Waals surface area contributed by atoms with E-state index in [-0.39, 0.29) is 18.4 Å². The molecule has 2 rings (SSSR count). The Morgan fingerprint density at radius 2 is 1.45 bits per heavy atom. The molecule has 0 spiro atoms. The molecule has 0 radical (unpaired) electrons. The number of hydrogen-bond acceptors (Lipinski definition) is 5. The van der Waals surface area contributed by atoms with Crippen LogP contribution in [0.1, 0.15) is 134 Å². The zero-order valence-corrected chi connectivity index (χ0v) is 25.5. The number of carboxylic acid groups (broad SMARTS) is 1. The van der Waals surface area contributed by atoms with Gasteiger partial charge in [-0.15, -0.1) is 0 Å². The normalized spacial score (nSPS) is 18.6. The van der Waals surface area contributed by atoms with Crippen molar-refractivity contribution in [3.05, 3.63) is 22.3 Å². The lowest BCUT2D eigenvalue weighted by atomic mass is 9.83. The second-order valence-corrected chi connectivity index (χ2v) is 12.8. The largest absolute Gasteiger partial charge is 0.550 e. The fourth-order valence-electron chi connectivity index (χ4n) is 5.78. The van der Waals surface area contributed by atoms with E-state index in [1.54, 1.807) is 0 Å². The molecule has 0 fully saturated rings. The molecule has 38 heavy (non-hydrogen) atoms. The summed E-state index contributed by atoms with van der Waals surface area (Å²) in [4.78, 5) is 22.9.